The van der Waals surface area contributed by atoms with Gasteiger partial charge in [-0.05, 0) is 25.0 Å². The van der Waals surface area contributed by atoms with Gasteiger partial charge in [-0.25, -0.2) is 0 Å². The van der Waals surface area contributed by atoms with Gasteiger partial charge in [0.1, 0.15) is 0 Å². The van der Waals surface area contributed by atoms with E-state index in [0.29, 0.717) is 5.54 Å². The second kappa shape index (κ2) is 2.61. The summed E-state index contributed by atoms with van der Waals surface area (Å²) in [4.78, 5) is 0. The molecule has 1 aromatic rings. The van der Waals surface area contributed by atoms with Gasteiger partial charge in [0.2, 0.25) is 0 Å². The van der Waals surface area contributed by atoms with Crippen molar-refractivity contribution in [3.8, 4) is 0 Å². The van der Waals surface area contributed by atoms with Gasteiger partial charge in [0.05, 0.1) is 5.54 Å². The first-order valence-corrected chi connectivity index (χ1v) is 5.31. The molecule has 0 atom stereocenters. The quantitative estimate of drug-likeness (QED) is 0.638. The Balaban J connectivity index is 2.08. The minimum atomic E-state index is 0.349. The van der Waals surface area contributed by atoms with Crippen molar-refractivity contribution in [2.75, 3.05) is 6.54 Å². The third-order valence-electron chi connectivity index (χ3n) is 3.59. The molecule has 2 nitrogen and oxygen atoms in total. The zero-order chi connectivity index (χ0) is 8.73. The summed E-state index contributed by atoms with van der Waals surface area (Å²) in [6.07, 6.45) is 7.65. The molecule has 1 spiro atoms. The number of hydrogen-bond acceptors (Lipinski definition) is 1. The summed E-state index contributed by atoms with van der Waals surface area (Å²) in [5.41, 5.74) is 1.87. The maximum atomic E-state index is 3.72. The summed E-state index contributed by atoms with van der Waals surface area (Å²) in [5, 5.41) is 3.72. The first kappa shape index (κ1) is 7.63. The number of aromatic nitrogens is 1. The van der Waals surface area contributed by atoms with E-state index in [-0.39, 0.29) is 0 Å². The highest BCUT2D eigenvalue weighted by atomic mass is 15.1. The summed E-state index contributed by atoms with van der Waals surface area (Å²) in [6.45, 7) is 2.28. The van der Waals surface area contributed by atoms with Gasteiger partial charge in [0, 0.05) is 25.0 Å². The summed E-state index contributed by atoms with van der Waals surface area (Å²) in [5.74, 6) is 0. The molecular formula is C11H16N2. The number of hydrogen-bond donors (Lipinski definition) is 1. The van der Waals surface area contributed by atoms with Crippen LogP contribution in [0.1, 0.15) is 31.4 Å². The lowest BCUT2D eigenvalue weighted by Crippen LogP contribution is -2.47. The molecule has 1 fully saturated rings. The number of fused-ring (bicyclic) bond motifs is 2. The SMILES string of the molecule is c1cc2n(c1)CCNC21CCCC1. The van der Waals surface area contributed by atoms with Crippen molar-refractivity contribution in [3.63, 3.8) is 0 Å². The van der Waals surface area contributed by atoms with Crippen LogP contribution >= 0.6 is 0 Å². The fourth-order valence-electron chi connectivity index (χ4n) is 2.96. The number of nitrogens with one attached hydrogen (secondary N) is 1. The van der Waals surface area contributed by atoms with Crippen LogP contribution in [-0.2, 0) is 12.1 Å². The van der Waals surface area contributed by atoms with Gasteiger partial charge in [0.15, 0.2) is 0 Å². The molecule has 0 unspecified atom stereocenters. The monoisotopic (exact) mass is 176 g/mol. The molecule has 0 aromatic carbocycles. The average molecular weight is 176 g/mol. The first-order valence-electron chi connectivity index (χ1n) is 5.31. The van der Waals surface area contributed by atoms with Crippen LogP contribution in [0, 0.1) is 0 Å². The molecule has 1 aliphatic carbocycles. The van der Waals surface area contributed by atoms with E-state index in [2.05, 4.69) is 28.2 Å². The molecule has 2 heteroatoms. The fraction of sp³-hybridized carbons (Fsp3) is 0.636. The molecule has 0 bridgehead atoms. The molecule has 1 N–H and O–H groups in total. The van der Waals surface area contributed by atoms with Crippen molar-refractivity contribution < 1.29 is 0 Å². The van der Waals surface area contributed by atoms with E-state index in [9.17, 15) is 0 Å². The third kappa shape index (κ3) is 0.983. The van der Waals surface area contributed by atoms with E-state index < -0.39 is 0 Å². The second-order valence-corrected chi connectivity index (χ2v) is 4.30. The van der Waals surface area contributed by atoms with Gasteiger partial charge in [-0.15, -0.1) is 0 Å². The normalized spacial score (nSPS) is 24.9. The first-order chi connectivity index (χ1) is 6.41. The van der Waals surface area contributed by atoms with Gasteiger partial charge in [-0.2, -0.15) is 0 Å². The zero-order valence-electron chi connectivity index (χ0n) is 7.92. The van der Waals surface area contributed by atoms with Crippen LogP contribution in [0.3, 0.4) is 0 Å². The van der Waals surface area contributed by atoms with E-state index in [1.165, 1.54) is 31.4 Å². The molecule has 0 saturated heterocycles. The van der Waals surface area contributed by atoms with E-state index in [0.717, 1.165) is 13.1 Å². The lowest BCUT2D eigenvalue weighted by atomic mass is 9.91. The Kier molecular flexibility index (Phi) is 1.53. The molecule has 1 aliphatic heterocycles. The van der Waals surface area contributed by atoms with Gasteiger partial charge >= 0.3 is 0 Å². The fourth-order valence-corrected chi connectivity index (χ4v) is 2.96. The molecule has 2 heterocycles. The average Bonchev–Trinajstić information content (AvgIpc) is 2.74. The summed E-state index contributed by atoms with van der Waals surface area (Å²) in [7, 11) is 0. The minimum Gasteiger partial charge on any atom is -0.348 e. The third-order valence-corrected chi connectivity index (χ3v) is 3.59. The molecule has 1 aromatic heterocycles. The predicted molar refractivity (Wildman–Crippen MR) is 52.6 cm³/mol. The largest absolute Gasteiger partial charge is 0.348 e. The molecule has 13 heavy (non-hydrogen) atoms. The van der Waals surface area contributed by atoms with E-state index >= 15 is 0 Å². The second-order valence-electron chi connectivity index (χ2n) is 4.30. The standard InChI is InChI=1S/C11H16N2/c1-2-6-11(5-1)10-4-3-8-13(10)9-7-12-11/h3-4,8,12H,1-2,5-7,9H2. The van der Waals surface area contributed by atoms with Gasteiger partial charge in [-0.3, -0.25) is 0 Å². The molecule has 0 amide bonds. The van der Waals surface area contributed by atoms with Crippen LogP contribution < -0.4 is 5.32 Å². The molecule has 1 saturated carbocycles. The summed E-state index contributed by atoms with van der Waals surface area (Å²) < 4.78 is 2.42. The number of rotatable bonds is 0. The van der Waals surface area contributed by atoms with E-state index in [1.54, 1.807) is 0 Å². The maximum Gasteiger partial charge on any atom is 0.0589 e. The molecule has 70 valence electrons. The summed E-state index contributed by atoms with van der Waals surface area (Å²) in [6, 6.07) is 4.47. The van der Waals surface area contributed by atoms with Crippen molar-refractivity contribution >= 4 is 0 Å². The van der Waals surface area contributed by atoms with Crippen LogP contribution in [0.2, 0.25) is 0 Å². The maximum absolute atomic E-state index is 3.72. The Hall–Kier alpha value is -0.760. The Bertz CT molecular complexity index is 308. The van der Waals surface area contributed by atoms with Crippen molar-refractivity contribution in [1.29, 1.82) is 0 Å². The lowest BCUT2D eigenvalue weighted by molar-refractivity contribution is 0.280. The van der Waals surface area contributed by atoms with Crippen LogP contribution in [-0.4, -0.2) is 11.1 Å². The topological polar surface area (TPSA) is 17.0 Å². The van der Waals surface area contributed by atoms with E-state index in [1.807, 2.05) is 0 Å². The van der Waals surface area contributed by atoms with Gasteiger partial charge in [0.25, 0.3) is 0 Å². The van der Waals surface area contributed by atoms with Crippen molar-refractivity contribution in [2.45, 2.75) is 37.8 Å². The highest BCUT2D eigenvalue weighted by Crippen LogP contribution is 2.40. The number of nitrogens with zero attached hydrogens (tertiary/aromatic N) is 1. The van der Waals surface area contributed by atoms with Crippen LogP contribution in [0.5, 0.6) is 0 Å². The van der Waals surface area contributed by atoms with Crippen LogP contribution in [0.15, 0.2) is 18.3 Å². The highest BCUT2D eigenvalue weighted by molar-refractivity contribution is 5.22. The van der Waals surface area contributed by atoms with Gasteiger partial charge in [-0.1, -0.05) is 12.8 Å². The highest BCUT2D eigenvalue weighted by Gasteiger charge is 2.38. The Morgan fingerprint density at radius 3 is 3.00 bits per heavy atom. The molecular weight excluding hydrogens is 160 g/mol. The Morgan fingerprint density at radius 1 is 1.31 bits per heavy atom. The molecule has 0 radical (unpaired) electrons. The van der Waals surface area contributed by atoms with Crippen LogP contribution in [0.4, 0.5) is 0 Å². The Labute approximate surface area is 78.9 Å². The summed E-state index contributed by atoms with van der Waals surface area (Å²) >= 11 is 0. The van der Waals surface area contributed by atoms with Crippen molar-refractivity contribution in [3.05, 3.63) is 24.0 Å². The predicted octanol–water partition coefficient (Wildman–Crippen LogP) is 1.86. The minimum absolute atomic E-state index is 0.349. The van der Waals surface area contributed by atoms with Crippen molar-refractivity contribution in [2.24, 2.45) is 0 Å². The Morgan fingerprint density at radius 2 is 2.15 bits per heavy atom. The zero-order valence-corrected chi connectivity index (χ0v) is 7.92. The van der Waals surface area contributed by atoms with Crippen molar-refractivity contribution in [1.82, 2.24) is 9.88 Å². The van der Waals surface area contributed by atoms with Crippen LogP contribution in [0.25, 0.3) is 0 Å². The lowest BCUT2D eigenvalue weighted by Gasteiger charge is -2.36. The van der Waals surface area contributed by atoms with E-state index in [4.69, 9.17) is 0 Å². The molecule has 3 rings (SSSR count). The van der Waals surface area contributed by atoms with Gasteiger partial charge < -0.3 is 9.88 Å². The molecule has 2 aliphatic rings. The smallest absolute Gasteiger partial charge is 0.0589 e.